The summed E-state index contributed by atoms with van der Waals surface area (Å²) in [7, 11) is 0. The maximum atomic E-state index is 6.10. The Morgan fingerprint density at radius 3 is 2.75 bits per heavy atom. The lowest BCUT2D eigenvalue weighted by atomic mass is 10.2. The third-order valence-electron chi connectivity index (χ3n) is 2.66. The molecule has 0 aliphatic rings. The topological polar surface area (TPSA) is 77.8 Å². The molecule has 0 radical (unpaired) electrons. The molecule has 0 saturated heterocycles. The molecule has 0 spiro atoms. The van der Waals surface area contributed by atoms with Gasteiger partial charge in [-0.2, -0.15) is 4.98 Å². The van der Waals surface area contributed by atoms with Gasteiger partial charge in [-0.25, -0.2) is 4.98 Å². The molecule has 3 aromatic rings. The standard InChI is InChI=1S/C13H8Cl2N4O/c14-7-3-4-10(15)9(6-7)12-18-13(20-19-12)8-2-1-5-17-11(8)16/h1-6H,(H2,16,17). The van der Waals surface area contributed by atoms with E-state index in [4.69, 9.17) is 33.5 Å². The first-order chi connectivity index (χ1) is 9.65. The Bertz CT molecular complexity index is 773. The molecule has 2 N–H and O–H groups in total. The number of benzene rings is 1. The Hall–Kier alpha value is -2.11. The Balaban J connectivity index is 2.07. The lowest BCUT2D eigenvalue weighted by Gasteiger charge is -1.99. The van der Waals surface area contributed by atoms with E-state index in [0.29, 0.717) is 32.8 Å². The summed E-state index contributed by atoms with van der Waals surface area (Å²) in [6.07, 6.45) is 1.59. The lowest BCUT2D eigenvalue weighted by molar-refractivity contribution is 0.432. The average molecular weight is 307 g/mol. The van der Waals surface area contributed by atoms with Gasteiger partial charge in [0.1, 0.15) is 5.82 Å². The van der Waals surface area contributed by atoms with Crippen LogP contribution in [0.3, 0.4) is 0 Å². The minimum Gasteiger partial charge on any atom is -0.383 e. The molecule has 0 aliphatic carbocycles. The van der Waals surface area contributed by atoms with Gasteiger partial charge in [0, 0.05) is 16.8 Å². The Kier molecular flexibility index (Phi) is 3.30. The highest BCUT2D eigenvalue weighted by atomic mass is 35.5. The fraction of sp³-hybridized carbons (Fsp3) is 0. The second-order valence-corrected chi connectivity index (χ2v) is 4.83. The van der Waals surface area contributed by atoms with Crippen LogP contribution in [0, 0.1) is 0 Å². The first-order valence-electron chi connectivity index (χ1n) is 5.65. The Morgan fingerprint density at radius 1 is 1.10 bits per heavy atom. The molecule has 0 unspecified atom stereocenters. The molecule has 0 fully saturated rings. The zero-order chi connectivity index (χ0) is 14.1. The number of pyridine rings is 1. The maximum Gasteiger partial charge on any atom is 0.261 e. The molecule has 2 aromatic heterocycles. The molecule has 3 rings (SSSR count). The van der Waals surface area contributed by atoms with Gasteiger partial charge < -0.3 is 10.3 Å². The Labute approximate surface area is 124 Å². The van der Waals surface area contributed by atoms with Gasteiger partial charge in [-0.15, -0.1) is 0 Å². The van der Waals surface area contributed by atoms with Gasteiger partial charge in [0.25, 0.3) is 5.89 Å². The molecule has 0 bridgehead atoms. The van der Waals surface area contributed by atoms with Gasteiger partial charge in [0.05, 0.1) is 10.6 Å². The van der Waals surface area contributed by atoms with E-state index in [-0.39, 0.29) is 5.89 Å². The van der Waals surface area contributed by atoms with E-state index >= 15 is 0 Å². The predicted molar refractivity (Wildman–Crippen MR) is 77.4 cm³/mol. The number of nitrogens with zero attached hydrogens (tertiary/aromatic N) is 3. The summed E-state index contributed by atoms with van der Waals surface area (Å²) in [4.78, 5) is 8.24. The number of halogens is 2. The van der Waals surface area contributed by atoms with Crippen molar-refractivity contribution < 1.29 is 4.52 Å². The number of aromatic nitrogens is 3. The molecule has 100 valence electrons. The predicted octanol–water partition coefficient (Wildman–Crippen LogP) is 3.69. The highest BCUT2D eigenvalue weighted by Gasteiger charge is 2.15. The summed E-state index contributed by atoms with van der Waals surface area (Å²) in [6.45, 7) is 0. The van der Waals surface area contributed by atoms with Crippen LogP contribution in [-0.4, -0.2) is 15.1 Å². The monoisotopic (exact) mass is 306 g/mol. The minimum absolute atomic E-state index is 0.279. The van der Waals surface area contributed by atoms with E-state index < -0.39 is 0 Å². The van der Waals surface area contributed by atoms with Crippen molar-refractivity contribution in [1.82, 2.24) is 15.1 Å². The molecule has 0 saturated carbocycles. The third-order valence-corrected chi connectivity index (χ3v) is 3.23. The quantitative estimate of drug-likeness (QED) is 0.781. The van der Waals surface area contributed by atoms with Crippen molar-refractivity contribution in [2.75, 3.05) is 5.73 Å². The smallest absolute Gasteiger partial charge is 0.261 e. The number of nitrogens with two attached hydrogens (primary N) is 1. The summed E-state index contributed by atoms with van der Waals surface area (Å²) in [6, 6.07) is 8.52. The van der Waals surface area contributed by atoms with Crippen LogP contribution < -0.4 is 5.73 Å². The molecule has 0 atom stereocenters. The number of anilines is 1. The summed E-state index contributed by atoms with van der Waals surface area (Å²) < 4.78 is 5.20. The van der Waals surface area contributed by atoms with Crippen molar-refractivity contribution in [1.29, 1.82) is 0 Å². The van der Waals surface area contributed by atoms with E-state index in [9.17, 15) is 0 Å². The van der Waals surface area contributed by atoms with Crippen LogP contribution >= 0.6 is 23.2 Å². The minimum atomic E-state index is 0.279. The van der Waals surface area contributed by atoms with E-state index in [1.807, 2.05) is 0 Å². The summed E-state index contributed by atoms with van der Waals surface area (Å²) in [5, 5.41) is 4.92. The maximum absolute atomic E-state index is 6.10. The van der Waals surface area contributed by atoms with Gasteiger partial charge in [-0.3, -0.25) is 0 Å². The zero-order valence-corrected chi connectivity index (χ0v) is 11.6. The molecule has 20 heavy (non-hydrogen) atoms. The van der Waals surface area contributed by atoms with E-state index in [1.54, 1.807) is 36.5 Å². The fourth-order valence-electron chi connectivity index (χ4n) is 1.71. The zero-order valence-electron chi connectivity index (χ0n) is 10.0. The average Bonchev–Trinajstić information content (AvgIpc) is 2.91. The normalized spacial score (nSPS) is 10.7. The summed E-state index contributed by atoms with van der Waals surface area (Å²) >= 11 is 12.0. The first kappa shape index (κ1) is 12.9. The van der Waals surface area contributed by atoms with Crippen LogP contribution in [0.1, 0.15) is 0 Å². The van der Waals surface area contributed by atoms with Crippen LogP contribution in [0.25, 0.3) is 22.8 Å². The van der Waals surface area contributed by atoms with Crippen molar-refractivity contribution in [3.05, 3.63) is 46.6 Å². The van der Waals surface area contributed by atoms with E-state index in [2.05, 4.69) is 15.1 Å². The first-order valence-corrected chi connectivity index (χ1v) is 6.41. The van der Waals surface area contributed by atoms with Crippen LogP contribution in [0.4, 0.5) is 5.82 Å². The second kappa shape index (κ2) is 5.11. The highest BCUT2D eigenvalue weighted by molar-refractivity contribution is 6.35. The lowest BCUT2D eigenvalue weighted by Crippen LogP contribution is -1.93. The van der Waals surface area contributed by atoms with Crippen molar-refractivity contribution in [3.63, 3.8) is 0 Å². The molecule has 0 aliphatic heterocycles. The molecular formula is C13H8Cl2N4O. The summed E-state index contributed by atoms with van der Waals surface area (Å²) in [5.41, 5.74) is 6.94. The van der Waals surface area contributed by atoms with Crippen molar-refractivity contribution in [2.24, 2.45) is 0 Å². The van der Waals surface area contributed by atoms with Crippen LogP contribution in [-0.2, 0) is 0 Å². The molecule has 7 heteroatoms. The van der Waals surface area contributed by atoms with Crippen molar-refractivity contribution in [2.45, 2.75) is 0 Å². The van der Waals surface area contributed by atoms with Crippen molar-refractivity contribution in [3.8, 4) is 22.8 Å². The third kappa shape index (κ3) is 2.33. The van der Waals surface area contributed by atoms with Gasteiger partial charge in [-0.05, 0) is 30.3 Å². The van der Waals surface area contributed by atoms with Gasteiger partial charge >= 0.3 is 0 Å². The molecule has 2 heterocycles. The number of hydrogen-bond donors (Lipinski definition) is 1. The van der Waals surface area contributed by atoms with E-state index in [1.165, 1.54) is 0 Å². The van der Waals surface area contributed by atoms with Crippen LogP contribution in [0.2, 0.25) is 10.0 Å². The van der Waals surface area contributed by atoms with Crippen molar-refractivity contribution >= 4 is 29.0 Å². The Morgan fingerprint density at radius 2 is 1.95 bits per heavy atom. The number of nitrogen functional groups attached to an aromatic ring is 1. The van der Waals surface area contributed by atoms with Crippen LogP contribution in [0.15, 0.2) is 41.1 Å². The summed E-state index contributed by atoms with van der Waals surface area (Å²) in [5.74, 6) is 0.942. The molecule has 0 amide bonds. The highest BCUT2D eigenvalue weighted by Crippen LogP contribution is 2.31. The number of rotatable bonds is 2. The van der Waals surface area contributed by atoms with Gasteiger partial charge in [0.2, 0.25) is 5.82 Å². The molecular weight excluding hydrogens is 299 g/mol. The molecule has 1 aromatic carbocycles. The van der Waals surface area contributed by atoms with Gasteiger partial charge in [0.15, 0.2) is 0 Å². The SMILES string of the molecule is Nc1ncccc1-c1nc(-c2cc(Cl)ccc2Cl)no1. The van der Waals surface area contributed by atoms with Crippen LogP contribution in [0.5, 0.6) is 0 Å². The van der Waals surface area contributed by atoms with Gasteiger partial charge in [-0.1, -0.05) is 28.4 Å². The second-order valence-electron chi connectivity index (χ2n) is 3.98. The molecule has 5 nitrogen and oxygen atoms in total. The van der Waals surface area contributed by atoms with E-state index in [0.717, 1.165) is 0 Å². The fourth-order valence-corrected chi connectivity index (χ4v) is 2.08. The largest absolute Gasteiger partial charge is 0.383 e. The number of hydrogen-bond acceptors (Lipinski definition) is 5.